The number of likely N-dealkylation sites (tertiary alicyclic amines) is 1. The van der Waals surface area contributed by atoms with E-state index in [0.717, 1.165) is 18.5 Å². The van der Waals surface area contributed by atoms with Gasteiger partial charge in [-0.2, -0.15) is 0 Å². The van der Waals surface area contributed by atoms with E-state index in [1.807, 2.05) is 13.0 Å². The Morgan fingerprint density at radius 3 is 2.90 bits per heavy atom. The first kappa shape index (κ1) is 16.2. The summed E-state index contributed by atoms with van der Waals surface area (Å²) in [7, 11) is 2.16. The third kappa shape index (κ3) is 4.97. The van der Waals surface area contributed by atoms with Crippen molar-refractivity contribution in [2.24, 2.45) is 5.73 Å². The van der Waals surface area contributed by atoms with Gasteiger partial charge in [0.1, 0.15) is 0 Å². The van der Waals surface area contributed by atoms with Gasteiger partial charge in [-0.3, -0.25) is 0 Å². The largest absolute Gasteiger partial charge is 0.490 e. The SMILES string of the molecule is CC(N)Cc1ccc(OCCC2CCCCN2C)c(F)c1. The zero-order chi connectivity index (χ0) is 15.2. The zero-order valence-corrected chi connectivity index (χ0v) is 13.1. The lowest BCUT2D eigenvalue weighted by Gasteiger charge is -2.32. The highest BCUT2D eigenvalue weighted by molar-refractivity contribution is 5.29. The van der Waals surface area contributed by atoms with Crippen LogP contribution in [0, 0.1) is 5.82 Å². The van der Waals surface area contributed by atoms with Gasteiger partial charge in [0, 0.05) is 12.1 Å². The highest BCUT2D eigenvalue weighted by Gasteiger charge is 2.18. The van der Waals surface area contributed by atoms with Gasteiger partial charge in [-0.1, -0.05) is 12.5 Å². The topological polar surface area (TPSA) is 38.5 Å². The van der Waals surface area contributed by atoms with Crippen molar-refractivity contribution < 1.29 is 9.13 Å². The number of benzene rings is 1. The van der Waals surface area contributed by atoms with Gasteiger partial charge in [0.2, 0.25) is 0 Å². The third-order valence-electron chi connectivity index (χ3n) is 4.18. The summed E-state index contributed by atoms with van der Waals surface area (Å²) >= 11 is 0. The van der Waals surface area contributed by atoms with Crippen LogP contribution in [0.25, 0.3) is 0 Å². The van der Waals surface area contributed by atoms with Crippen molar-refractivity contribution in [1.29, 1.82) is 0 Å². The maximum atomic E-state index is 14.0. The fourth-order valence-electron chi connectivity index (χ4n) is 2.97. The Hall–Kier alpha value is -1.13. The van der Waals surface area contributed by atoms with E-state index >= 15 is 0 Å². The van der Waals surface area contributed by atoms with Crippen LogP contribution in [-0.4, -0.2) is 37.2 Å². The number of nitrogens with two attached hydrogens (primary N) is 1. The molecule has 1 aromatic carbocycles. The Kier molecular flexibility index (Phi) is 6.00. The first-order valence-corrected chi connectivity index (χ1v) is 7.93. The molecule has 1 aromatic rings. The molecule has 0 amide bonds. The molecule has 0 saturated carbocycles. The van der Waals surface area contributed by atoms with Crippen molar-refractivity contribution in [2.75, 3.05) is 20.2 Å². The van der Waals surface area contributed by atoms with Crippen LogP contribution in [0.3, 0.4) is 0 Å². The summed E-state index contributed by atoms with van der Waals surface area (Å²) in [6, 6.07) is 5.76. The molecule has 0 aromatic heterocycles. The van der Waals surface area contributed by atoms with Gasteiger partial charge in [0.05, 0.1) is 6.61 Å². The Morgan fingerprint density at radius 1 is 1.43 bits per heavy atom. The quantitative estimate of drug-likeness (QED) is 0.876. The average Bonchev–Trinajstić information content (AvgIpc) is 2.42. The average molecular weight is 294 g/mol. The molecule has 1 aliphatic rings. The van der Waals surface area contributed by atoms with Crippen molar-refractivity contribution in [3.8, 4) is 5.75 Å². The van der Waals surface area contributed by atoms with Crippen molar-refractivity contribution in [3.63, 3.8) is 0 Å². The maximum Gasteiger partial charge on any atom is 0.165 e. The molecule has 3 nitrogen and oxygen atoms in total. The summed E-state index contributed by atoms with van der Waals surface area (Å²) in [5.74, 6) is 0.0621. The second kappa shape index (κ2) is 7.76. The number of halogens is 1. The van der Waals surface area contributed by atoms with E-state index < -0.39 is 0 Å². The van der Waals surface area contributed by atoms with Gasteiger partial charge in [0.25, 0.3) is 0 Å². The predicted octanol–water partition coefficient (Wildman–Crippen LogP) is 2.97. The van der Waals surface area contributed by atoms with Crippen LogP contribution in [-0.2, 0) is 6.42 Å². The van der Waals surface area contributed by atoms with Gasteiger partial charge in [-0.15, -0.1) is 0 Å². The Labute approximate surface area is 127 Å². The molecule has 0 bridgehead atoms. The van der Waals surface area contributed by atoms with Crippen molar-refractivity contribution in [1.82, 2.24) is 4.90 Å². The molecule has 1 heterocycles. The molecule has 0 spiro atoms. The van der Waals surface area contributed by atoms with Crippen molar-refractivity contribution in [2.45, 2.75) is 51.1 Å². The lowest BCUT2D eigenvalue weighted by molar-refractivity contribution is 0.151. The van der Waals surface area contributed by atoms with E-state index in [2.05, 4.69) is 11.9 Å². The molecule has 2 atom stereocenters. The number of nitrogens with zero attached hydrogens (tertiary/aromatic N) is 1. The standard InChI is InChI=1S/C17H27FN2O/c1-13(19)11-14-6-7-17(16(18)12-14)21-10-8-15-5-3-4-9-20(15)2/h6-7,12-13,15H,3-5,8-11,19H2,1-2H3. The van der Waals surface area contributed by atoms with Crippen LogP contribution in [0.2, 0.25) is 0 Å². The van der Waals surface area contributed by atoms with Crippen molar-refractivity contribution >= 4 is 0 Å². The molecule has 1 fully saturated rings. The number of hydrogen-bond donors (Lipinski definition) is 1. The second-order valence-corrected chi connectivity index (χ2v) is 6.21. The van der Waals surface area contributed by atoms with Crippen LogP contribution in [0.5, 0.6) is 5.75 Å². The van der Waals surface area contributed by atoms with Crippen LogP contribution in [0.4, 0.5) is 4.39 Å². The minimum atomic E-state index is -0.287. The predicted molar refractivity (Wildman–Crippen MR) is 84.1 cm³/mol. The molecule has 21 heavy (non-hydrogen) atoms. The van der Waals surface area contributed by atoms with E-state index in [4.69, 9.17) is 10.5 Å². The van der Waals surface area contributed by atoms with Crippen LogP contribution >= 0.6 is 0 Å². The highest BCUT2D eigenvalue weighted by atomic mass is 19.1. The van der Waals surface area contributed by atoms with Crippen molar-refractivity contribution in [3.05, 3.63) is 29.6 Å². The summed E-state index contributed by atoms with van der Waals surface area (Å²) in [6.45, 7) is 3.65. The first-order chi connectivity index (χ1) is 10.1. The molecule has 1 saturated heterocycles. The number of ether oxygens (including phenoxy) is 1. The smallest absolute Gasteiger partial charge is 0.165 e. The normalized spacial score (nSPS) is 21.2. The molecule has 2 unspecified atom stereocenters. The van der Waals surface area contributed by atoms with Crippen LogP contribution in [0.15, 0.2) is 18.2 Å². The number of piperidine rings is 1. The summed E-state index contributed by atoms with van der Waals surface area (Å²) in [6.07, 6.45) is 5.43. The van der Waals surface area contributed by atoms with E-state index in [1.54, 1.807) is 6.07 Å². The Morgan fingerprint density at radius 2 is 2.24 bits per heavy atom. The van der Waals surface area contributed by atoms with Gasteiger partial charge in [0.15, 0.2) is 11.6 Å². The molecule has 2 N–H and O–H groups in total. The lowest BCUT2D eigenvalue weighted by Crippen LogP contribution is -2.37. The fraction of sp³-hybridized carbons (Fsp3) is 0.647. The highest BCUT2D eigenvalue weighted by Crippen LogP contribution is 2.21. The fourth-order valence-corrected chi connectivity index (χ4v) is 2.97. The van der Waals surface area contributed by atoms with E-state index in [9.17, 15) is 4.39 Å². The molecule has 0 radical (unpaired) electrons. The third-order valence-corrected chi connectivity index (χ3v) is 4.18. The molecule has 0 aliphatic carbocycles. The minimum Gasteiger partial charge on any atom is -0.490 e. The summed E-state index contributed by atoms with van der Waals surface area (Å²) in [5.41, 5.74) is 6.65. The minimum absolute atomic E-state index is 0.0398. The summed E-state index contributed by atoms with van der Waals surface area (Å²) in [5, 5.41) is 0. The summed E-state index contributed by atoms with van der Waals surface area (Å²) < 4.78 is 19.6. The molecule has 2 rings (SSSR count). The monoisotopic (exact) mass is 294 g/mol. The van der Waals surface area contributed by atoms with Gasteiger partial charge < -0.3 is 15.4 Å². The van der Waals surface area contributed by atoms with E-state index in [1.165, 1.54) is 25.3 Å². The van der Waals surface area contributed by atoms with E-state index in [0.29, 0.717) is 24.8 Å². The van der Waals surface area contributed by atoms with Gasteiger partial charge in [-0.05, 0) is 63.9 Å². The number of rotatable bonds is 6. The molecule has 118 valence electrons. The first-order valence-electron chi connectivity index (χ1n) is 7.93. The maximum absolute atomic E-state index is 14.0. The zero-order valence-electron chi connectivity index (χ0n) is 13.1. The van der Waals surface area contributed by atoms with Crippen LogP contribution in [0.1, 0.15) is 38.2 Å². The van der Waals surface area contributed by atoms with Gasteiger partial charge >= 0.3 is 0 Å². The number of hydrogen-bond acceptors (Lipinski definition) is 3. The Balaban J connectivity index is 1.82. The molecular formula is C17H27FN2O. The lowest BCUT2D eigenvalue weighted by atomic mass is 10.0. The van der Waals surface area contributed by atoms with Crippen LogP contribution < -0.4 is 10.5 Å². The molecule has 1 aliphatic heterocycles. The van der Waals surface area contributed by atoms with Gasteiger partial charge in [-0.25, -0.2) is 4.39 Å². The second-order valence-electron chi connectivity index (χ2n) is 6.21. The summed E-state index contributed by atoms with van der Waals surface area (Å²) in [4.78, 5) is 2.38. The van der Waals surface area contributed by atoms with E-state index in [-0.39, 0.29) is 11.9 Å². The molecular weight excluding hydrogens is 267 g/mol. The Bertz CT molecular complexity index is 450. The molecule has 4 heteroatoms.